The molecule has 4 unspecified atom stereocenters. The Hall–Kier alpha value is -2.08. The molecule has 0 spiro atoms. The van der Waals surface area contributed by atoms with Crippen molar-refractivity contribution in [2.75, 3.05) is 0 Å². The van der Waals surface area contributed by atoms with Crippen LogP contribution in [0.1, 0.15) is 88.9 Å². The van der Waals surface area contributed by atoms with E-state index in [0.717, 1.165) is 10.1 Å². The van der Waals surface area contributed by atoms with E-state index in [-0.39, 0.29) is 24.0 Å². The summed E-state index contributed by atoms with van der Waals surface area (Å²) in [6.45, 7) is 13.7. The van der Waals surface area contributed by atoms with Gasteiger partial charge in [0, 0.05) is 23.9 Å². The Morgan fingerprint density at radius 3 is 1.33 bits per heavy atom. The molecule has 2 saturated heterocycles. The fourth-order valence-corrected chi connectivity index (χ4v) is 5.55. The summed E-state index contributed by atoms with van der Waals surface area (Å²) in [7, 11) is 0. The molecule has 36 heavy (non-hydrogen) atoms. The third-order valence-corrected chi connectivity index (χ3v) is 7.68. The van der Waals surface area contributed by atoms with Crippen LogP contribution in [0.15, 0.2) is 24.3 Å². The lowest BCUT2D eigenvalue weighted by molar-refractivity contribution is -0.289. The van der Waals surface area contributed by atoms with Gasteiger partial charge in [-0.15, -0.1) is 0 Å². The zero-order valence-electron chi connectivity index (χ0n) is 22.3. The number of nitrogens with zero attached hydrogens (tertiary/aromatic N) is 2. The molecule has 0 saturated carbocycles. The topological polar surface area (TPSA) is 140 Å². The van der Waals surface area contributed by atoms with E-state index in [4.69, 9.17) is 9.47 Å². The second-order valence-electron chi connectivity index (χ2n) is 12.3. The third-order valence-electron chi connectivity index (χ3n) is 7.68. The van der Waals surface area contributed by atoms with Crippen LogP contribution in [0, 0.1) is 0 Å². The number of hydrogen-bond donors (Lipinski definition) is 4. The molecule has 10 nitrogen and oxygen atoms in total. The molecule has 0 aromatic heterocycles. The van der Waals surface area contributed by atoms with Gasteiger partial charge in [-0.3, -0.25) is 0 Å². The molecular weight excluding hydrogens is 468 g/mol. The van der Waals surface area contributed by atoms with Crippen molar-refractivity contribution in [1.29, 1.82) is 0 Å². The first-order valence-corrected chi connectivity index (χ1v) is 12.2. The summed E-state index contributed by atoms with van der Waals surface area (Å²) in [5, 5.41) is 44.8. The number of piperidine rings is 2. The van der Waals surface area contributed by atoms with E-state index in [0.29, 0.717) is 0 Å². The van der Waals surface area contributed by atoms with Gasteiger partial charge in [0.05, 0.1) is 22.2 Å². The van der Waals surface area contributed by atoms with Crippen molar-refractivity contribution in [3.05, 3.63) is 35.4 Å². The smallest absolute Gasteiger partial charge is 0.339 e. The molecule has 4 N–H and O–H groups in total. The van der Waals surface area contributed by atoms with E-state index in [2.05, 4.69) is 0 Å². The van der Waals surface area contributed by atoms with Crippen LogP contribution in [0.5, 0.6) is 0 Å². The first-order chi connectivity index (χ1) is 16.3. The third kappa shape index (κ3) is 4.90. The summed E-state index contributed by atoms with van der Waals surface area (Å²) in [5.74, 6) is -1.62. The molecule has 2 heterocycles. The summed E-state index contributed by atoms with van der Waals surface area (Å²) in [4.78, 5) is 26.4. The van der Waals surface area contributed by atoms with E-state index < -0.39 is 58.5 Å². The van der Waals surface area contributed by atoms with Gasteiger partial charge >= 0.3 is 11.9 Å². The second kappa shape index (κ2) is 9.34. The minimum atomic E-state index is -1.18. The van der Waals surface area contributed by atoms with Crippen LogP contribution in [0.25, 0.3) is 0 Å². The van der Waals surface area contributed by atoms with Crippen molar-refractivity contribution in [3.63, 3.8) is 0 Å². The highest BCUT2D eigenvalue weighted by atomic mass is 16.6. The van der Waals surface area contributed by atoms with Gasteiger partial charge in [-0.2, -0.15) is 10.1 Å². The van der Waals surface area contributed by atoms with Gasteiger partial charge in [-0.1, -0.05) is 12.1 Å². The number of rotatable bonds is 4. The van der Waals surface area contributed by atoms with E-state index in [1.807, 2.05) is 0 Å². The average molecular weight is 509 g/mol. The molecule has 0 amide bonds. The van der Waals surface area contributed by atoms with Crippen LogP contribution in [0.4, 0.5) is 0 Å². The number of hydroxylamine groups is 4. The van der Waals surface area contributed by atoms with Crippen LogP contribution >= 0.6 is 0 Å². The predicted molar refractivity (Wildman–Crippen MR) is 130 cm³/mol. The molecule has 0 aliphatic carbocycles. The van der Waals surface area contributed by atoms with Gasteiger partial charge in [-0.05, 0) is 67.5 Å². The number of carbonyl (C=O) groups is 2. The Bertz CT molecular complexity index is 926. The van der Waals surface area contributed by atoms with E-state index in [1.54, 1.807) is 67.5 Å². The van der Waals surface area contributed by atoms with Crippen molar-refractivity contribution in [2.45, 2.75) is 115 Å². The lowest BCUT2D eigenvalue weighted by atomic mass is 9.78. The van der Waals surface area contributed by atoms with Gasteiger partial charge in [0.2, 0.25) is 0 Å². The van der Waals surface area contributed by atoms with Crippen LogP contribution in [-0.4, -0.2) is 89.3 Å². The average Bonchev–Trinajstić information content (AvgIpc) is 2.79. The molecule has 2 aliphatic rings. The van der Waals surface area contributed by atoms with E-state index in [1.165, 1.54) is 12.1 Å². The molecule has 3 rings (SSSR count). The SMILES string of the molecule is CC1(C)CC(OC(=O)c2ccccc2C(=O)OC2CC(C)(C)N(O)C(C)(C)C2O)C(O)C(C)(C)N1O. The van der Waals surface area contributed by atoms with Crippen LogP contribution in [0.3, 0.4) is 0 Å². The summed E-state index contributed by atoms with van der Waals surface area (Å²) in [6.07, 6.45) is -3.87. The minimum Gasteiger partial charge on any atom is -0.456 e. The number of ether oxygens (including phenoxy) is 2. The normalized spacial score (nSPS) is 31.4. The largest absolute Gasteiger partial charge is 0.456 e. The number of esters is 2. The molecule has 1 aromatic carbocycles. The van der Waals surface area contributed by atoms with Gasteiger partial charge in [0.25, 0.3) is 0 Å². The maximum absolute atomic E-state index is 13.2. The number of aliphatic hydroxyl groups is 2. The highest BCUT2D eigenvalue weighted by Gasteiger charge is 2.54. The van der Waals surface area contributed by atoms with Crippen molar-refractivity contribution < 1.29 is 39.7 Å². The highest BCUT2D eigenvalue weighted by Crippen LogP contribution is 2.40. The Morgan fingerprint density at radius 2 is 1.03 bits per heavy atom. The quantitative estimate of drug-likeness (QED) is 0.449. The molecule has 0 bridgehead atoms. The molecule has 2 fully saturated rings. The van der Waals surface area contributed by atoms with Crippen LogP contribution in [0.2, 0.25) is 0 Å². The zero-order valence-corrected chi connectivity index (χ0v) is 22.3. The zero-order chi connectivity index (χ0) is 27.4. The Balaban J connectivity index is 1.82. The van der Waals surface area contributed by atoms with Crippen molar-refractivity contribution in [2.24, 2.45) is 0 Å². The van der Waals surface area contributed by atoms with E-state index in [9.17, 15) is 30.2 Å². The fraction of sp³-hybridized carbons (Fsp3) is 0.692. The highest BCUT2D eigenvalue weighted by molar-refractivity contribution is 6.03. The Labute approximate surface area is 212 Å². The van der Waals surface area contributed by atoms with Crippen LogP contribution < -0.4 is 0 Å². The standard InChI is InChI=1S/C26H40N2O8/c1-23(2)13-17(19(29)25(5,6)27(23)33)35-21(31)15-11-9-10-12-16(15)22(32)36-18-14-24(3,4)28(34)26(7,8)20(18)30/h9-12,17-20,29-30,33-34H,13-14H2,1-8H3. The fourth-order valence-electron chi connectivity index (χ4n) is 5.55. The maximum atomic E-state index is 13.2. The molecular formula is C26H40N2O8. The van der Waals surface area contributed by atoms with Gasteiger partial charge in [-0.25, -0.2) is 9.59 Å². The van der Waals surface area contributed by atoms with Crippen LogP contribution in [-0.2, 0) is 9.47 Å². The molecule has 0 radical (unpaired) electrons. The van der Waals surface area contributed by atoms with Crippen molar-refractivity contribution >= 4 is 11.9 Å². The molecule has 202 valence electrons. The maximum Gasteiger partial charge on any atom is 0.339 e. The molecule has 10 heteroatoms. The minimum absolute atomic E-state index is 0.0376. The lowest BCUT2D eigenvalue weighted by Gasteiger charge is -2.53. The lowest BCUT2D eigenvalue weighted by Crippen LogP contribution is -2.68. The predicted octanol–water partition coefficient (Wildman–Crippen LogP) is 2.76. The van der Waals surface area contributed by atoms with Crippen molar-refractivity contribution in [1.82, 2.24) is 10.1 Å². The Morgan fingerprint density at radius 1 is 0.722 bits per heavy atom. The van der Waals surface area contributed by atoms with Gasteiger partial charge < -0.3 is 30.1 Å². The van der Waals surface area contributed by atoms with Gasteiger partial charge in [0.1, 0.15) is 24.4 Å². The molecule has 2 aliphatic heterocycles. The molecule has 1 aromatic rings. The number of hydrogen-bond acceptors (Lipinski definition) is 10. The summed E-state index contributed by atoms with van der Waals surface area (Å²) in [6, 6.07) is 6.03. The first-order valence-electron chi connectivity index (χ1n) is 12.2. The number of carbonyl (C=O) groups excluding carboxylic acids is 2. The van der Waals surface area contributed by atoms with Crippen molar-refractivity contribution in [3.8, 4) is 0 Å². The first kappa shape index (κ1) is 28.5. The van der Waals surface area contributed by atoms with E-state index >= 15 is 0 Å². The summed E-state index contributed by atoms with van der Waals surface area (Å²) >= 11 is 0. The Kier molecular flexibility index (Phi) is 7.39. The number of benzene rings is 1. The molecule has 4 atom stereocenters. The second-order valence-corrected chi connectivity index (χ2v) is 12.3. The van der Waals surface area contributed by atoms with Gasteiger partial charge in [0.15, 0.2) is 0 Å². The summed E-state index contributed by atoms with van der Waals surface area (Å²) < 4.78 is 11.3. The monoisotopic (exact) mass is 508 g/mol. The number of aliphatic hydroxyl groups excluding tert-OH is 2. The summed E-state index contributed by atoms with van der Waals surface area (Å²) in [5.41, 5.74) is -3.79.